The van der Waals surface area contributed by atoms with Crippen molar-refractivity contribution in [2.75, 3.05) is 12.4 Å². The van der Waals surface area contributed by atoms with E-state index in [0.717, 1.165) is 5.69 Å². The van der Waals surface area contributed by atoms with Gasteiger partial charge in [0, 0.05) is 13.2 Å². The van der Waals surface area contributed by atoms with E-state index in [1.165, 1.54) is 10.6 Å². The van der Waals surface area contributed by atoms with Crippen LogP contribution in [0.1, 0.15) is 0 Å². The third-order valence-electron chi connectivity index (χ3n) is 1.75. The molecule has 2 heterocycles. The summed E-state index contributed by atoms with van der Waals surface area (Å²) in [6.45, 7) is 0. The molecule has 0 atom stereocenters. The summed E-state index contributed by atoms with van der Waals surface area (Å²) >= 11 is 0. The number of fused-ring (bicyclic) bond motifs is 1. The van der Waals surface area contributed by atoms with Crippen LogP contribution in [0.15, 0.2) is 24.5 Å². The summed E-state index contributed by atoms with van der Waals surface area (Å²) in [5.41, 5.74) is 1.48. The highest BCUT2D eigenvalue weighted by Gasteiger charge is 2.00. The Balaban J connectivity index is 2.71. The second kappa shape index (κ2) is 2.48. The van der Waals surface area contributed by atoms with Gasteiger partial charge >= 0.3 is 0 Å². The van der Waals surface area contributed by atoms with Crippen molar-refractivity contribution in [3.63, 3.8) is 0 Å². The first-order valence-electron chi connectivity index (χ1n) is 3.61. The lowest BCUT2D eigenvalue weighted by atomic mass is 10.4. The number of nitrogens with zero attached hydrogens (tertiary/aromatic N) is 2. The summed E-state index contributed by atoms with van der Waals surface area (Å²) < 4.78 is 14.3. The van der Waals surface area contributed by atoms with Gasteiger partial charge in [0.15, 0.2) is 0 Å². The minimum Gasteiger partial charge on any atom is -0.387 e. The molecule has 0 spiro atoms. The Bertz CT molecular complexity index is 408. The maximum Gasteiger partial charge on any atom is 0.217 e. The van der Waals surface area contributed by atoms with Crippen molar-refractivity contribution in [2.45, 2.75) is 0 Å². The zero-order valence-corrected chi connectivity index (χ0v) is 6.58. The average Bonchev–Trinajstić information content (AvgIpc) is 2.47. The molecule has 0 radical (unpaired) electrons. The first-order chi connectivity index (χ1) is 5.81. The average molecular weight is 165 g/mol. The monoisotopic (exact) mass is 165 g/mol. The van der Waals surface area contributed by atoms with Gasteiger partial charge in [-0.2, -0.15) is 4.39 Å². The Labute approximate surface area is 68.8 Å². The molecule has 2 aromatic rings. The number of hydrogen-bond acceptors (Lipinski definition) is 2. The van der Waals surface area contributed by atoms with Crippen molar-refractivity contribution in [1.82, 2.24) is 9.38 Å². The van der Waals surface area contributed by atoms with Crippen molar-refractivity contribution >= 4 is 11.3 Å². The number of anilines is 1. The lowest BCUT2D eigenvalue weighted by Gasteiger charge is -1.99. The van der Waals surface area contributed by atoms with E-state index in [1.807, 2.05) is 6.07 Å². The molecule has 0 unspecified atom stereocenters. The smallest absolute Gasteiger partial charge is 0.217 e. The number of pyridine rings is 1. The number of hydrogen-bond donors (Lipinski definition) is 1. The van der Waals surface area contributed by atoms with E-state index in [2.05, 4.69) is 10.3 Å². The highest BCUT2D eigenvalue weighted by molar-refractivity contribution is 5.49. The summed E-state index contributed by atoms with van der Waals surface area (Å²) in [7, 11) is 1.79. The predicted molar refractivity (Wildman–Crippen MR) is 44.7 cm³/mol. The van der Waals surface area contributed by atoms with Gasteiger partial charge in [0.1, 0.15) is 5.65 Å². The second-order valence-corrected chi connectivity index (χ2v) is 2.48. The lowest BCUT2D eigenvalue weighted by Crippen LogP contribution is -1.93. The SMILES string of the molecule is CNc1ccc2ncc(F)n2c1. The third-order valence-corrected chi connectivity index (χ3v) is 1.75. The van der Waals surface area contributed by atoms with Gasteiger partial charge in [-0.3, -0.25) is 4.40 Å². The predicted octanol–water partition coefficient (Wildman–Crippen LogP) is 1.52. The lowest BCUT2D eigenvalue weighted by molar-refractivity contribution is 0.573. The molecule has 4 heteroatoms. The number of imidazole rings is 1. The maximum absolute atomic E-state index is 12.9. The summed E-state index contributed by atoms with van der Waals surface area (Å²) in [5.74, 6) is -0.345. The number of aromatic nitrogens is 2. The molecule has 0 saturated heterocycles. The molecule has 0 bridgehead atoms. The van der Waals surface area contributed by atoms with E-state index >= 15 is 0 Å². The van der Waals surface area contributed by atoms with Gasteiger partial charge in [0.05, 0.1) is 11.9 Å². The van der Waals surface area contributed by atoms with Crippen LogP contribution in [0.4, 0.5) is 10.1 Å². The van der Waals surface area contributed by atoms with Gasteiger partial charge in [-0.1, -0.05) is 0 Å². The van der Waals surface area contributed by atoms with Crippen molar-refractivity contribution < 1.29 is 4.39 Å². The summed E-state index contributed by atoms with van der Waals surface area (Å²) in [5, 5.41) is 2.92. The van der Waals surface area contributed by atoms with E-state index in [-0.39, 0.29) is 5.95 Å². The minimum atomic E-state index is -0.345. The molecule has 62 valence electrons. The first kappa shape index (κ1) is 7.09. The first-order valence-corrected chi connectivity index (χ1v) is 3.61. The highest BCUT2D eigenvalue weighted by atomic mass is 19.1. The van der Waals surface area contributed by atoms with Gasteiger partial charge in [0.2, 0.25) is 5.95 Å². The molecule has 0 aliphatic rings. The molecule has 0 amide bonds. The van der Waals surface area contributed by atoms with Gasteiger partial charge < -0.3 is 5.32 Å². The molecule has 0 saturated carbocycles. The Morgan fingerprint density at radius 2 is 2.33 bits per heavy atom. The Morgan fingerprint density at radius 1 is 1.50 bits per heavy atom. The van der Waals surface area contributed by atoms with E-state index in [9.17, 15) is 4.39 Å². The molecular weight excluding hydrogens is 157 g/mol. The largest absolute Gasteiger partial charge is 0.387 e. The molecule has 1 N–H and O–H groups in total. The summed E-state index contributed by atoms with van der Waals surface area (Å²) in [4.78, 5) is 3.85. The van der Waals surface area contributed by atoms with Gasteiger partial charge in [-0.05, 0) is 12.1 Å². The van der Waals surface area contributed by atoms with E-state index in [0.29, 0.717) is 5.65 Å². The zero-order valence-electron chi connectivity index (χ0n) is 6.58. The van der Waals surface area contributed by atoms with Gasteiger partial charge in [-0.25, -0.2) is 4.98 Å². The van der Waals surface area contributed by atoms with Crippen molar-refractivity contribution in [1.29, 1.82) is 0 Å². The fourth-order valence-corrected chi connectivity index (χ4v) is 1.10. The number of nitrogens with one attached hydrogen (secondary N) is 1. The quantitative estimate of drug-likeness (QED) is 0.694. The zero-order chi connectivity index (χ0) is 8.55. The Hall–Kier alpha value is -1.58. The molecular formula is C8H8FN3. The molecule has 0 aromatic carbocycles. The van der Waals surface area contributed by atoms with Gasteiger partial charge in [-0.15, -0.1) is 0 Å². The molecule has 12 heavy (non-hydrogen) atoms. The van der Waals surface area contributed by atoms with Crippen LogP contribution in [0.3, 0.4) is 0 Å². The second-order valence-electron chi connectivity index (χ2n) is 2.48. The Morgan fingerprint density at radius 3 is 3.08 bits per heavy atom. The van der Waals surface area contributed by atoms with Crippen LogP contribution in [-0.2, 0) is 0 Å². The summed E-state index contributed by atoms with van der Waals surface area (Å²) in [6, 6.07) is 3.61. The van der Waals surface area contributed by atoms with Crippen LogP contribution in [0.25, 0.3) is 5.65 Å². The highest BCUT2D eigenvalue weighted by Crippen LogP contribution is 2.10. The Kier molecular flexibility index (Phi) is 1.46. The van der Waals surface area contributed by atoms with Crippen LogP contribution in [0.2, 0.25) is 0 Å². The van der Waals surface area contributed by atoms with E-state index in [1.54, 1.807) is 19.3 Å². The normalized spacial score (nSPS) is 10.5. The van der Waals surface area contributed by atoms with E-state index < -0.39 is 0 Å². The topological polar surface area (TPSA) is 29.3 Å². The van der Waals surface area contributed by atoms with Gasteiger partial charge in [0.25, 0.3) is 0 Å². The van der Waals surface area contributed by atoms with Crippen molar-refractivity contribution in [3.8, 4) is 0 Å². The standard InChI is InChI=1S/C8H8FN3/c1-10-6-2-3-8-11-4-7(9)12(8)5-6/h2-5,10H,1H3. The van der Waals surface area contributed by atoms with Crippen LogP contribution in [0, 0.1) is 5.95 Å². The molecule has 3 nitrogen and oxygen atoms in total. The van der Waals surface area contributed by atoms with Crippen LogP contribution in [0.5, 0.6) is 0 Å². The molecule has 0 aliphatic heterocycles. The van der Waals surface area contributed by atoms with Crippen molar-refractivity contribution in [3.05, 3.63) is 30.5 Å². The molecule has 2 rings (SSSR count). The summed E-state index contributed by atoms with van der Waals surface area (Å²) in [6.07, 6.45) is 2.87. The van der Waals surface area contributed by atoms with Crippen LogP contribution < -0.4 is 5.32 Å². The number of rotatable bonds is 1. The number of halogens is 1. The molecule has 0 aliphatic carbocycles. The fraction of sp³-hybridized carbons (Fsp3) is 0.125. The maximum atomic E-state index is 12.9. The minimum absolute atomic E-state index is 0.345. The van der Waals surface area contributed by atoms with E-state index in [4.69, 9.17) is 0 Å². The molecule has 0 fully saturated rings. The van der Waals surface area contributed by atoms with Crippen LogP contribution >= 0.6 is 0 Å². The molecule has 2 aromatic heterocycles. The third kappa shape index (κ3) is 0.922. The van der Waals surface area contributed by atoms with Crippen LogP contribution in [-0.4, -0.2) is 16.4 Å². The fourth-order valence-electron chi connectivity index (χ4n) is 1.10. The van der Waals surface area contributed by atoms with Crippen molar-refractivity contribution in [2.24, 2.45) is 0 Å².